The van der Waals surface area contributed by atoms with Gasteiger partial charge in [-0.25, -0.2) is 4.39 Å². The third-order valence-electron chi connectivity index (χ3n) is 5.27. The van der Waals surface area contributed by atoms with Crippen molar-refractivity contribution in [2.45, 2.75) is 13.5 Å². The molecule has 10 heteroatoms. The number of hydrogen-bond donors (Lipinski definition) is 1. The smallest absolute Gasteiger partial charge is 0.310 e. The molecule has 0 atom stereocenters. The van der Waals surface area contributed by atoms with Crippen LogP contribution in [0.5, 0.6) is 11.5 Å². The van der Waals surface area contributed by atoms with E-state index in [4.69, 9.17) is 21.7 Å². The number of thiocarbonyl (C=S) groups is 1. The molecule has 1 aliphatic heterocycles. The number of amides is 1. The number of benzene rings is 3. The summed E-state index contributed by atoms with van der Waals surface area (Å²) in [5.74, 6) is -0.130. The summed E-state index contributed by atoms with van der Waals surface area (Å²) in [7, 11) is 1.51. The van der Waals surface area contributed by atoms with Crippen LogP contribution in [0.15, 0.2) is 66.4 Å². The van der Waals surface area contributed by atoms with E-state index in [1.54, 1.807) is 36.4 Å². The summed E-state index contributed by atoms with van der Waals surface area (Å²) in [6.45, 7) is 1.82. The molecule has 1 aliphatic rings. The van der Waals surface area contributed by atoms with Gasteiger partial charge in [0.15, 0.2) is 10.9 Å². The Morgan fingerprint density at radius 1 is 1.11 bits per heavy atom. The van der Waals surface area contributed by atoms with Crippen molar-refractivity contribution in [2.75, 3.05) is 12.0 Å². The molecule has 178 valence electrons. The molecule has 8 nitrogen and oxygen atoms in total. The van der Waals surface area contributed by atoms with Crippen molar-refractivity contribution >= 4 is 40.7 Å². The lowest BCUT2D eigenvalue weighted by Crippen LogP contribution is -2.30. The number of anilines is 1. The van der Waals surface area contributed by atoms with Gasteiger partial charge in [-0.1, -0.05) is 12.1 Å². The molecule has 1 N–H and O–H groups in total. The summed E-state index contributed by atoms with van der Waals surface area (Å²) in [5.41, 5.74) is 2.65. The number of halogens is 1. The second-order valence-electron chi connectivity index (χ2n) is 7.69. The van der Waals surface area contributed by atoms with Crippen LogP contribution >= 0.6 is 12.2 Å². The number of hydrogen-bond acceptors (Lipinski definition) is 6. The minimum absolute atomic E-state index is 0.00592. The summed E-state index contributed by atoms with van der Waals surface area (Å²) >= 11 is 5.29. The topological polar surface area (TPSA) is 93.9 Å². The highest BCUT2D eigenvalue weighted by atomic mass is 32.1. The molecule has 0 bridgehead atoms. The van der Waals surface area contributed by atoms with Crippen LogP contribution in [0, 0.1) is 22.9 Å². The quantitative estimate of drug-likeness (QED) is 0.217. The second-order valence-corrected chi connectivity index (χ2v) is 8.08. The van der Waals surface area contributed by atoms with Crippen LogP contribution in [0.4, 0.5) is 15.8 Å². The molecular weight excluding hydrogens is 473 g/mol. The molecule has 1 heterocycles. The zero-order valence-corrected chi connectivity index (χ0v) is 19.6. The van der Waals surface area contributed by atoms with E-state index >= 15 is 0 Å². The molecule has 0 unspecified atom stereocenters. The Balaban J connectivity index is 1.59. The van der Waals surface area contributed by atoms with Crippen LogP contribution in [0.1, 0.15) is 16.7 Å². The zero-order valence-electron chi connectivity index (χ0n) is 18.8. The van der Waals surface area contributed by atoms with Crippen molar-refractivity contribution in [1.29, 1.82) is 0 Å². The lowest BCUT2D eigenvalue weighted by Gasteiger charge is -2.13. The van der Waals surface area contributed by atoms with Gasteiger partial charge in [-0.15, -0.1) is 0 Å². The third kappa shape index (κ3) is 5.12. The van der Waals surface area contributed by atoms with Crippen molar-refractivity contribution < 1.29 is 23.6 Å². The molecule has 0 spiro atoms. The number of carbonyl (C=O) groups excluding carboxylic acids is 1. The second kappa shape index (κ2) is 9.90. The predicted molar refractivity (Wildman–Crippen MR) is 133 cm³/mol. The van der Waals surface area contributed by atoms with Gasteiger partial charge in [0.2, 0.25) is 0 Å². The Hall–Kier alpha value is -4.31. The number of nitrogens with one attached hydrogen (secondary N) is 1. The number of methoxy groups -OCH3 is 1. The average Bonchev–Trinajstić information content (AvgIpc) is 3.10. The van der Waals surface area contributed by atoms with Crippen molar-refractivity contribution in [3.8, 4) is 11.5 Å². The first kappa shape index (κ1) is 23.8. The minimum Gasteiger partial charge on any atom is -0.496 e. The van der Waals surface area contributed by atoms with Gasteiger partial charge < -0.3 is 14.8 Å². The first-order valence-electron chi connectivity index (χ1n) is 10.4. The van der Waals surface area contributed by atoms with Crippen LogP contribution in [0.2, 0.25) is 0 Å². The van der Waals surface area contributed by atoms with Crippen molar-refractivity contribution in [1.82, 2.24) is 5.32 Å². The fourth-order valence-electron chi connectivity index (χ4n) is 3.57. The van der Waals surface area contributed by atoms with Crippen LogP contribution in [0.25, 0.3) is 6.08 Å². The van der Waals surface area contributed by atoms with Gasteiger partial charge in [-0.05, 0) is 78.8 Å². The SMILES string of the molecule is COc1ccc(/C=C2/NC(=S)N(c3ccc(F)cc3)C2=O)cc1COc1cc(C)ccc1[N+](=O)[O-]. The molecule has 4 rings (SSSR count). The summed E-state index contributed by atoms with van der Waals surface area (Å²) in [6.07, 6.45) is 1.62. The summed E-state index contributed by atoms with van der Waals surface area (Å²) < 4.78 is 24.4. The van der Waals surface area contributed by atoms with Gasteiger partial charge in [0.1, 0.15) is 23.9 Å². The molecule has 0 radical (unpaired) electrons. The van der Waals surface area contributed by atoms with Gasteiger partial charge in [-0.3, -0.25) is 19.8 Å². The number of nitro groups is 1. The molecule has 0 aromatic heterocycles. The highest BCUT2D eigenvalue weighted by Crippen LogP contribution is 2.30. The van der Waals surface area contributed by atoms with E-state index in [0.29, 0.717) is 22.6 Å². The molecule has 35 heavy (non-hydrogen) atoms. The van der Waals surface area contributed by atoms with Gasteiger partial charge in [0, 0.05) is 11.6 Å². The summed E-state index contributed by atoms with van der Waals surface area (Å²) in [4.78, 5) is 25.1. The van der Waals surface area contributed by atoms with Gasteiger partial charge in [0.25, 0.3) is 5.91 Å². The van der Waals surface area contributed by atoms with Crippen LogP contribution < -0.4 is 19.7 Å². The maximum atomic E-state index is 13.3. The molecule has 0 aliphatic carbocycles. The number of nitrogens with zero attached hydrogens (tertiary/aromatic N) is 2. The van der Waals surface area contributed by atoms with E-state index in [9.17, 15) is 19.3 Å². The molecular formula is C25H20FN3O5S. The zero-order chi connectivity index (χ0) is 25.1. The Bertz CT molecular complexity index is 1360. The van der Waals surface area contributed by atoms with Crippen molar-refractivity contribution in [3.63, 3.8) is 0 Å². The summed E-state index contributed by atoms with van der Waals surface area (Å²) in [6, 6.07) is 15.3. The number of rotatable bonds is 7. The molecule has 3 aromatic rings. The first-order valence-corrected chi connectivity index (χ1v) is 10.8. The van der Waals surface area contributed by atoms with E-state index in [-0.39, 0.29) is 34.8 Å². The largest absolute Gasteiger partial charge is 0.496 e. The number of nitro benzene ring substituents is 1. The third-order valence-corrected chi connectivity index (χ3v) is 5.56. The monoisotopic (exact) mass is 493 g/mol. The normalized spacial score (nSPS) is 14.3. The first-order chi connectivity index (χ1) is 16.8. The fraction of sp³-hybridized carbons (Fsp3) is 0.120. The maximum absolute atomic E-state index is 13.3. The summed E-state index contributed by atoms with van der Waals surface area (Å²) in [5, 5.41) is 14.4. The number of aryl methyl sites for hydroxylation is 1. The van der Waals surface area contributed by atoms with Crippen LogP contribution in [0.3, 0.4) is 0 Å². The van der Waals surface area contributed by atoms with Crippen LogP contribution in [-0.4, -0.2) is 23.1 Å². The van der Waals surface area contributed by atoms with E-state index < -0.39 is 10.7 Å². The van der Waals surface area contributed by atoms with Gasteiger partial charge in [-0.2, -0.15) is 0 Å². The van der Waals surface area contributed by atoms with E-state index in [1.807, 2.05) is 6.92 Å². The van der Waals surface area contributed by atoms with Gasteiger partial charge >= 0.3 is 5.69 Å². The Kier molecular flexibility index (Phi) is 6.74. The predicted octanol–water partition coefficient (Wildman–Crippen LogP) is 4.89. The lowest BCUT2D eigenvalue weighted by atomic mass is 10.1. The minimum atomic E-state index is -0.500. The van der Waals surface area contributed by atoms with E-state index in [2.05, 4.69) is 5.32 Å². The van der Waals surface area contributed by atoms with Gasteiger partial charge in [0.05, 0.1) is 17.7 Å². The fourth-order valence-corrected chi connectivity index (χ4v) is 3.87. The standard InChI is InChI=1S/C25H20FN3O5S/c1-15-3-9-21(29(31)32)23(11-15)34-14-17-12-16(4-10-22(17)33-2)13-20-24(30)28(25(35)27-20)19-7-5-18(26)6-8-19/h3-13H,14H2,1-2H3,(H,27,35)/b20-13+. The highest BCUT2D eigenvalue weighted by molar-refractivity contribution is 7.80. The van der Waals surface area contributed by atoms with Crippen molar-refractivity contribution in [2.24, 2.45) is 0 Å². The molecule has 1 saturated heterocycles. The van der Waals surface area contributed by atoms with E-state index in [0.717, 1.165) is 5.56 Å². The molecule has 0 saturated carbocycles. The molecule has 1 amide bonds. The Morgan fingerprint density at radius 2 is 1.86 bits per heavy atom. The number of carbonyl (C=O) groups is 1. The maximum Gasteiger partial charge on any atom is 0.310 e. The lowest BCUT2D eigenvalue weighted by molar-refractivity contribution is -0.386. The average molecular weight is 494 g/mol. The Labute approximate surface area is 205 Å². The van der Waals surface area contributed by atoms with Crippen molar-refractivity contribution in [3.05, 3.63) is 99.0 Å². The highest BCUT2D eigenvalue weighted by Gasteiger charge is 2.32. The van der Waals surface area contributed by atoms with E-state index in [1.165, 1.54) is 42.3 Å². The number of ether oxygens (including phenoxy) is 2. The van der Waals surface area contributed by atoms with Crippen LogP contribution in [-0.2, 0) is 11.4 Å². The molecule has 1 fully saturated rings. The Morgan fingerprint density at radius 3 is 2.54 bits per heavy atom. The molecule has 3 aromatic carbocycles.